The molecule has 0 aliphatic heterocycles. The Morgan fingerprint density at radius 3 is 2.65 bits per heavy atom. The fourth-order valence-electron chi connectivity index (χ4n) is 2.10. The third kappa shape index (κ3) is 4.88. The first-order valence-corrected chi connectivity index (χ1v) is 7.97. The highest BCUT2D eigenvalue weighted by molar-refractivity contribution is 6.42. The summed E-state index contributed by atoms with van der Waals surface area (Å²) in [6.07, 6.45) is 3.64. The predicted molar refractivity (Wildman–Crippen MR) is 90.9 cm³/mol. The molecule has 23 heavy (non-hydrogen) atoms. The maximum absolute atomic E-state index is 12.4. The average Bonchev–Trinajstić information content (AvgIpc) is 2.91. The van der Waals surface area contributed by atoms with Crippen molar-refractivity contribution in [1.29, 1.82) is 0 Å². The van der Waals surface area contributed by atoms with Crippen LogP contribution in [0.4, 0.5) is 0 Å². The number of aromatic nitrogens is 2. The molecule has 2 rings (SSSR count). The van der Waals surface area contributed by atoms with E-state index in [-0.39, 0.29) is 18.6 Å². The van der Waals surface area contributed by atoms with Gasteiger partial charge in [0.1, 0.15) is 5.75 Å². The van der Waals surface area contributed by atoms with Crippen LogP contribution < -0.4 is 4.74 Å². The van der Waals surface area contributed by atoms with E-state index in [1.165, 1.54) is 0 Å². The fourth-order valence-corrected chi connectivity index (χ4v) is 2.39. The molecule has 0 fully saturated rings. The molecular weight excluding hydrogens is 337 g/mol. The number of carbonyl (C=O) groups excluding carboxylic acids is 1. The summed E-state index contributed by atoms with van der Waals surface area (Å²) >= 11 is 11.8. The van der Waals surface area contributed by atoms with Crippen molar-refractivity contribution in [3.05, 3.63) is 46.2 Å². The smallest absolute Gasteiger partial charge is 0.261 e. The first-order chi connectivity index (χ1) is 10.9. The van der Waals surface area contributed by atoms with Crippen LogP contribution in [0, 0.1) is 0 Å². The van der Waals surface area contributed by atoms with Gasteiger partial charge in [0.2, 0.25) is 0 Å². The summed E-state index contributed by atoms with van der Waals surface area (Å²) in [5.74, 6) is 0.410. The molecule has 124 valence electrons. The van der Waals surface area contributed by atoms with Gasteiger partial charge in [-0.3, -0.25) is 9.48 Å². The van der Waals surface area contributed by atoms with Gasteiger partial charge < -0.3 is 9.64 Å². The molecule has 0 atom stereocenters. The lowest BCUT2D eigenvalue weighted by Gasteiger charge is -2.26. The number of nitrogens with zero attached hydrogens (tertiary/aromatic N) is 3. The Morgan fingerprint density at radius 2 is 2.09 bits per heavy atom. The lowest BCUT2D eigenvalue weighted by molar-refractivity contribution is -0.135. The van der Waals surface area contributed by atoms with Gasteiger partial charge in [0, 0.05) is 37.5 Å². The van der Waals surface area contributed by atoms with Crippen LogP contribution >= 0.6 is 23.2 Å². The number of ether oxygens (including phenoxy) is 1. The molecule has 0 saturated carbocycles. The van der Waals surface area contributed by atoms with Crippen LogP contribution in [0.1, 0.15) is 19.4 Å². The summed E-state index contributed by atoms with van der Waals surface area (Å²) in [5, 5.41) is 4.97. The van der Waals surface area contributed by atoms with Crippen LogP contribution in [0.5, 0.6) is 5.75 Å². The molecule has 1 aromatic heterocycles. The number of halogens is 2. The summed E-state index contributed by atoms with van der Waals surface area (Å²) in [6.45, 7) is 4.37. The first kappa shape index (κ1) is 17.6. The zero-order chi connectivity index (χ0) is 17.0. The summed E-state index contributed by atoms with van der Waals surface area (Å²) in [7, 11) is 1.85. The highest BCUT2D eigenvalue weighted by atomic mass is 35.5. The van der Waals surface area contributed by atoms with E-state index in [1.54, 1.807) is 34.0 Å². The van der Waals surface area contributed by atoms with E-state index < -0.39 is 0 Å². The molecule has 1 heterocycles. The van der Waals surface area contributed by atoms with Gasteiger partial charge in [-0.2, -0.15) is 5.10 Å². The lowest BCUT2D eigenvalue weighted by atomic mass is 10.2. The number of amides is 1. The number of aryl methyl sites for hydroxylation is 1. The molecular formula is C16H19Cl2N3O2. The lowest BCUT2D eigenvalue weighted by Crippen LogP contribution is -2.39. The van der Waals surface area contributed by atoms with Gasteiger partial charge >= 0.3 is 0 Å². The molecule has 5 nitrogen and oxygen atoms in total. The number of benzene rings is 1. The minimum atomic E-state index is -0.102. The highest BCUT2D eigenvalue weighted by Gasteiger charge is 2.18. The first-order valence-electron chi connectivity index (χ1n) is 7.21. The summed E-state index contributed by atoms with van der Waals surface area (Å²) in [5.41, 5.74) is 0.976. The number of hydrogen-bond acceptors (Lipinski definition) is 3. The van der Waals surface area contributed by atoms with Crippen molar-refractivity contribution in [2.24, 2.45) is 7.05 Å². The minimum Gasteiger partial charge on any atom is -0.484 e. The highest BCUT2D eigenvalue weighted by Crippen LogP contribution is 2.26. The molecule has 0 radical (unpaired) electrons. The average molecular weight is 356 g/mol. The third-order valence-corrected chi connectivity index (χ3v) is 4.05. The van der Waals surface area contributed by atoms with Crippen LogP contribution in [0.2, 0.25) is 10.0 Å². The van der Waals surface area contributed by atoms with Gasteiger partial charge in [-0.25, -0.2) is 0 Å². The van der Waals surface area contributed by atoms with Gasteiger partial charge in [-0.1, -0.05) is 23.2 Å². The SMILES string of the molecule is CC(C)N(Cc1cnn(C)c1)C(=O)COc1ccc(Cl)c(Cl)c1. The Bertz CT molecular complexity index is 686. The molecule has 7 heteroatoms. The molecule has 0 aliphatic rings. The van der Waals surface area contributed by atoms with E-state index in [2.05, 4.69) is 5.10 Å². The van der Waals surface area contributed by atoms with Crippen molar-refractivity contribution in [2.45, 2.75) is 26.4 Å². The van der Waals surface area contributed by atoms with Crippen molar-refractivity contribution in [2.75, 3.05) is 6.61 Å². The Morgan fingerprint density at radius 1 is 1.35 bits per heavy atom. The van der Waals surface area contributed by atoms with E-state index in [0.29, 0.717) is 22.3 Å². The quantitative estimate of drug-likeness (QED) is 0.795. The Balaban J connectivity index is 1.99. The van der Waals surface area contributed by atoms with E-state index in [4.69, 9.17) is 27.9 Å². The van der Waals surface area contributed by atoms with Crippen molar-refractivity contribution in [1.82, 2.24) is 14.7 Å². The van der Waals surface area contributed by atoms with Gasteiger partial charge in [-0.05, 0) is 26.0 Å². The van der Waals surface area contributed by atoms with Crippen molar-refractivity contribution >= 4 is 29.1 Å². The molecule has 0 aliphatic carbocycles. The van der Waals surface area contributed by atoms with E-state index in [1.807, 2.05) is 27.1 Å². The minimum absolute atomic E-state index is 0.0557. The topological polar surface area (TPSA) is 47.4 Å². The maximum Gasteiger partial charge on any atom is 0.261 e. The van der Waals surface area contributed by atoms with E-state index in [9.17, 15) is 4.79 Å². The third-order valence-electron chi connectivity index (χ3n) is 3.31. The van der Waals surface area contributed by atoms with E-state index >= 15 is 0 Å². The Kier molecular flexibility index (Phi) is 5.91. The zero-order valence-electron chi connectivity index (χ0n) is 13.3. The van der Waals surface area contributed by atoms with E-state index in [0.717, 1.165) is 5.56 Å². The number of carbonyl (C=O) groups is 1. The Hall–Kier alpha value is -1.72. The molecule has 0 spiro atoms. The number of hydrogen-bond donors (Lipinski definition) is 0. The number of rotatable bonds is 6. The molecule has 1 amide bonds. The van der Waals surface area contributed by atoms with Crippen LogP contribution in [-0.4, -0.2) is 33.2 Å². The van der Waals surface area contributed by atoms with Crippen LogP contribution in [-0.2, 0) is 18.4 Å². The van der Waals surface area contributed by atoms with Crippen molar-refractivity contribution in [3.8, 4) is 5.75 Å². The molecule has 0 bridgehead atoms. The summed E-state index contributed by atoms with van der Waals surface area (Å²) in [4.78, 5) is 14.2. The normalized spacial score (nSPS) is 10.9. The van der Waals surface area contributed by atoms with Gasteiger partial charge in [-0.15, -0.1) is 0 Å². The largest absolute Gasteiger partial charge is 0.484 e. The molecule has 0 unspecified atom stereocenters. The zero-order valence-corrected chi connectivity index (χ0v) is 14.8. The van der Waals surface area contributed by atoms with Crippen molar-refractivity contribution < 1.29 is 9.53 Å². The molecule has 1 aromatic carbocycles. The van der Waals surface area contributed by atoms with Gasteiger partial charge in [0.25, 0.3) is 5.91 Å². The second kappa shape index (κ2) is 7.70. The van der Waals surface area contributed by atoms with Crippen LogP contribution in [0.15, 0.2) is 30.6 Å². The molecule has 0 saturated heterocycles. The second-order valence-corrected chi connectivity index (χ2v) is 6.32. The summed E-state index contributed by atoms with van der Waals surface area (Å²) in [6, 6.07) is 4.97. The van der Waals surface area contributed by atoms with Crippen LogP contribution in [0.3, 0.4) is 0 Å². The Labute approximate surface area is 145 Å². The van der Waals surface area contributed by atoms with Crippen LogP contribution in [0.25, 0.3) is 0 Å². The fraction of sp³-hybridized carbons (Fsp3) is 0.375. The standard InChI is InChI=1S/C16H19Cl2N3O2/c1-11(2)21(9-12-7-19-20(3)8-12)16(22)10-23-13-4-5-14(17)15(18)6-13/h4-8,11H,9-10H2,1-3H3. The predicted octanol–water partition coefficient (Wildman–Crippen LogP) is 3.54. The molecule has 2 aromatic rings. The maximum atomic E-state index is 12.4. The molecule has 0 N–H and O–H groups in total. The summed E-state index contributed by atoms with van der Waals surface area (Å²) < 4.78 is 7.24. The van der Waals surface area contributed by atoms with Crippen molar-refractivity contribution in [3.63, 3.8) is 0 Å². The van der Waals surface area contributed by atoms with Gasteiger partial charge in [0.15, 0.2) is 6.61 Å². The monoisotopic (exact) mass is 355 g/mol. The van der Waals surface area contributed by atoms with Gasteiger partial charge in [0.05, 0.1) is 16.2 Å². The second-order valence-electron chi connectivity index (χ2n) is 5.50.